The van der Waals surface area contributed by atoms with E-state index in [1.807, 2.05) is 42.7 Å². The van der Waals surface area contributed by atoms with Crippen molar-refractivity contribution in [2.75, 3.05) is 13.1 Å². The Labute approximate surface area is 200 Å². The third-order valence-electron chi connectivity index (χ3n) is 5.12. The van der Waals surface area contributed by atoms with Crippen molar-refractivity contribution in [3.63, 3.8) is 0 Å². The lowest BCUT2D eigenvalue weighted by Gasteiger charge is -2.19. The van der Waals surface area contributed by atoms with Gasteiger partial charge < -0.3 is 4.57 Å². The SMILES string of the molecule is CCN(CC)S(=O)(=O)c1cccc(-c2nnc(SCc3cccc(C#N)c3)n2CC(C)C)c1. The van der Waals surface area contributed by atoms with Crippen LogP contribution in [0.3, 0.4) is 0 Å². The molecule has 0 amide bonds. The first kappa shape index (κ1) is 25.0. The molecule has 0 radical (unpaired) electrons. The Morgan fingerprint density at radius 3 is 2.48 bits per heavy atom. The van der Waals surface area contributed by atoms with E-state index in [0.29, 0.717) is 42.7 Å². The van der Waals surface area contributed by atoms with Crippen molar-refractivity contribution in [2.45, 2.75) is 50.0 Å². The number of hydrogen-bond acceptors (Lipinski definition) is 6. The number of sulfonamides is 1. The molecule has 0 unspecified atom stereocenters. The molecule has 1 aromatic heterocycles. The summed E-state index contributed by atoms with van der Waals surface area (Å²) in [6.07, 6.45) is 0. The number of nitrogens with zero attached hydrogens (tertiary/aromatic N) is 5. The lowest BCUT2D eigenvalue weighted by molar-refractivity contribution is 0.445. The van der Waals surface area contributed by atoms with E-state index >= 15 is 0 Å². The van der Waals surface area contributed by atoms with E-state index in [9.17, 15) is 8.42 Å². The molecular formula is C24H29N5O2S2. The van der Waals surface area contributed by atoms with Gasteiger partial charge >= 0.3 is 0 Å². The van der Waals surface area contributed by atoms with Crippen LogP contribution in [0.5, 0.6) is 0 Å². The minimum atomic E-state index is -3.57. The maximum atomic E-state index is 13.0. The first-order valence-electron chi connectivity index (χ1n) is 11.0. The third kappa shape index (κ3) is 5.82. The number of nitriles is 1. The Morgan fingerprint density at radius 2 is 1.82 bits per heavy atom. The van der Waals surface area contributed by atoms with E-state index in [-0.39, 0.29) is 4.90 Å². The lowest BCUT2D eigenvalue weighted by atomic mass is 10.2. The van der Waals surface area contributed by atoms with Crippen LogP contribution < -0.4 is 0 Å². The van der Waals surface area contributed by atoms with Crippen molar-refractivity contribution in [3.05, 3.63) is 59.7 Å². The molecule has 0 fully saturated rings. The molecule has 0 aliphatic heterocycles. The molecule has 0 aliphatic rings. The summed E-state index contributed by atoms with van der Waals surface area (Å²) in [6.45, 7) is 9.45. The van der Waals surface area contributed by atoms with Crippen molar-refractivity contribution in [1.29, 1.82) is 5.26 Å². The van der Waals surface area contributed by atoms with Crippen molar-refractivity contribution < 1.29 is 8.42 Å². The van der Waals surface area contributed by atoms with E-state index < -0.39 is 10.0 Å². The molecule has 0 atom stereocenters. The van der Waals surface area contributed by atoms with Gasteiger partial charge in [-0.05, 0) is 35.7 Å². The Morgan fingerprint density at radius 1 is 1.09 bits per heavy atom. The standard InChI is InChI=1S/C24H29N5O2S2/c1-5-28(6-2)33(30,31)22-12-8-11-21(14-22)23-26-27-24(29(23)16-18(3)4)32-17-20-10-7-9-19(13-20)15-25/h7-14,18H,5-6,16-17H2,1-4H3. The van der Waals surface area contributed by atoms with E-state index in [0.717, 1.165) is 16.3 Å². The van der Waals surface area contributed by atoms with Gasteiger partial charge in [0, 0.05) is 31.0 Å². The highest BCUT2D eigenvalue weighted by Crippen LogP contribution is 2.29. The molecule has 3 rings (SSSR count). The molecule has 0 bridgehead atoms. The van der Waals surface area contributed by atoms with Gasteiger partial charge in [0.15, 0.2) is 11.0 Å². The number of rotatable bonds is 10. The third-order valence-corrected chi connectivity index (χ3v) is 8.21. The average molecular weight is 484 g/mol. The summed E-state index contributed by atoms with van der Waals surface area (Å²) in [6, 6.07) is 16.6. The zero-order valence-electron chi connectivity index (χ0n) is 19.4. The fourth-order valence-electron chi connectivity index (χ4n) is 3.53. The Balaban J connectivity index is 1.95. The molecule has 0 aliphatic carbocycles. The molecule has 0 saturated heterocycles. The largest absolute Gasteiger partial charge is 0.302 e. The number of benzene rings is 2. The van der Waals surface area contributed by atoms with E-state index in [1.54, 1.807) is 36.0 Å². The van der Waals surface area contributed by atoms with Crippen LogP contribution >= 0.6 is 11.8 Å². The number of thioether (sulfide) groups is 1. The summed E-state index contributed by atoms with van der Waals surface area (Å²) in [7, 11) is -3.57. The summed E-state index contributed by atoms with van der Waals surface area (Å²) in [5.41, 5.74) is 2.38. The average Bonchev–Trinajstić information content (AvgIpc) is 3.20. The topological polar surface area (TPSA) is 91.9 Å². The van der Waals surface area contributed by atoms with E-state index in [2.05, 4.69) is 30.1 Å². The maximum absolute atomic E-state index is 13.0. The molecule has 1 heterocycles. The molecule has 33 heavy (non-hydrogen) atoms. The second-order valence-electron chi connectivity index (χ2n) is 8.03. The monoisotopic (exact) mass is 483 g/mol. The summed E-state index contributed by atoms with van der Waals surface area (Å²) >= 11 is 1.55. The van der Waals surface area contributed by atoms with Crippen LogP contribution in [0.2, 0.25) is 0 Å². The smallest absolute Gasteiger partial charge is 0.243 e. The van der Waals surface area contributed by atoms with Crippen molar-refractivity contribution >= 4 is 21.8 Å². The summed E-state index contributed by atoms with van der Waals surface area (Å²) in [5, 5.41) is 18.7. The fraction of sp³-hybridized carbons (Fsp3) is 0.375. The second-order valence-corrected chi connectivity index (χ2v) is 10.9. The van der Waals surface area contributed by atoms with Crippen molar-refractivity contribution in [1.82, 2.24) is 19.1 Å². The zero-order chi connectivity index (χ0) is 24.0. The predicted molar refractivity (Wildman–Crippen MR) is 131 cm³/mol. The van der Waals surface area contributed by atoms with Crippen LogP contribution in [0.4, 0.5) is 0 Å². The van der Waals surface area contributed by atoms with Gasteiger partial charge in [-0.25, -0.2) is 8.42 Å². The lowest BCUT2D eigenvalue weighted by Crippen LogP contribution is -2.30. The van der Waals surface area contributed by atoms with Gasteiger partial charge in [-0.1, -0.05) is 63.7 Å². The fourth-order valence-corrected chi connectivity index (χ4v) is 5.92. The Hall–Kier alpha value is -2.67. The van der Waals surface area contributed by atoms with Gasteiger partial charge in [0.1, 0.15) is 0 Å². The van der Waals surface area contributed by atoms with Gasteiger partial charge in [0.25, 0.3) is 0 Å². The second kappa shape index (κ2) is 11.0. The van der Waals surface area contributed by atoms with Gasteiger partial charge in [-0.15, -0.1) is 10.2 Å². The van der Waals surface area contributed by atoms with E-state index in [1.165, 1.54) is 4.31 Å². The van der Waals surface area contributed by atoms with Crippen LogP contribution in [0.15, 0.2) is 58.6 Å². The molecule has 9 heteroatoms. The molecule has 0 saturated carbocycles. The molecule has 3 aromatic rings. The van der Waals surface area contributed by atoms with Gasteiger partial charge in [-0.2, -0.15) is 9.57 Å². The Kier molecular flexibility index (Phi) is 8.30. The number of hydrogen-bond donors (Lipinski definition) is 0. The minimum absolute atomic E-state index is 0.255. The van der Waals surface area contributed by atoms with Crippen LogP contribution in [-0.4, -0.2) is 40.6 Å². The molecular weight excluding hydrogens is 454 g/mol. The van der Waals surface area contributed by atoms with Gasteiger partial charge in [-0.3, -0.25) is 0 Å². The van der Waals surface area contributed by atoms with E-state index in [4.69, 9.17) is 5.26 Å². The van der Waals surface area contributed by atoms with Crippen LogP contribution in [0.1, 0.15) is 38.8 Å². The molecule has 0 N–H and O–H groups in total. The first-order chi connectivity index (χ1) is 15.8. The highest BCUT2D eigenvalue weighted by atomic mass is 32.2. The normalized spacial score (nSPS) is 11.8. The minimum Gasteiger partial charge on any atom is -0.302 e. The maximum Gasteiger partial charge on any atom is 0.243 e. The Bertz CT molecular complexity index is 1240. The van der Waals surface area contributed by atoms with Gasteiger partial charge in [0.05, 0.1) is 16.5 Å². The summed E-state index contributed by atoms with van der Waals surface area (Å²) in [5.74, 6) is 1.65. The van der Waals surface area contributed by atoms with Crippen LogP contribution in [-0.2, 0) is 22.3 Å². The quantitative estimate of drug-likeness (QED) is 0.385. The zero-order valence-corrected chi connectivity index (χ0v) is 21.0. The molecule has 2 aromatic carbocycles. The molecule has 7 nitrogen and oxygen atoms in total. The molecule has 174 valence electrons. The molecule has 0 spiro atoms. The number of aromatic nitrogens is 3. The first-order valence-corrected chi connectivity index (χ1v) is 13.4. The summed E-state index contributed by atoms with van der Waals surface area (Å²) < 4.78 is 29.5. The van der Waals surface area contributed by atoms with Crippen molar-refractivity contribution in [3.8, 4) is 17.5 Å². The van der Waals surface area contributed by atoms with Crippen LogP contribution in [0.25, 0.3) is 11.4 Å². The van der Waals surface area contributed by atoms with Crippen molar-refractivity contribution in [2.24, 2.45) is 5.92 Å². The van der Waals surface area contributed by atoms with Gasteiger partial charge in [0.2, 0.25) is 10.0 Å². The predicted octanol–water partition coefficient (Wildman–Crippen LogP) is 4.80. The van der Waals surface area contributed by atoms with Crippen LogP contribution in [0, 0.1) is 17.2 Å². The highest BCUT2D eigenvalue weighted by molar-refractivity contribution is 7.98. The highest BCUT2D eigenvalue weighted by Gasteiger charge is 2.23. The summed E-state index contributed by atoms with van der Waals surface area (Å²) in [4.78, 5) is 0.255.